The predicted molar refractivity (Wildman–Crippen MR) is 83.6 cm³/mol. The van der Waals surface area contributed by atoms with Gasteiger partial charge in [-0.15, -0.1) is 0 Å². The van der Waals surface area contributed by atoms with Crippen LogP contribution in [-0.2, 0) is 16.4 Å². The first-order chi connectivity index (χ1) is 9.48. The normalized spacial score (nSPS) is 14.0. The minimum absolute atomic E-state index is 0.0708. The van der Waals surface area contributed by atoms with Gasteiger partial charge in [-0.25, -0.2) is 17.8 Å². The maximum absolute atomic E-state index is 14.3. The SMILES string of the molecule is CC(CS(C)(=O)=O)Nc1nccc(CNC(C)(C)C)c1F. The molecule has 5 nitrogen and oxygen atoms in total. The van der Waals surface area contributed by atoms with E-state index in [0.29, 0.717) is 12.1 Å². The van der Waals surface area contributed by atoms with Crippen LogP contribution in [0.15, 0.2) is 12.3 Å². The Hall–Kier alpha value is -1.21. The Morgan fingerprint density at radius 3 is 2.52 bits per heavy atom. The van der Waals surface area contributed by atoms with E-state index in [2.05, 4.69) is 15.6 Å². The molecule has 0 aromatic carbocycles. The first kappa shape index (κ1) is 17.8. The van der Waals surface area contributed by atoms with E-state index in [0.717, 1.165) is 6.26 Å². The van der Waals surface area contributed by atoms with Crippen LogP contribution in [0.2, 0.25) is 0 Å². The molecule has 1 rings (SSSR count). The number of nitrogens with zero attached hydrogens (tertiary/aromatic N) is 1. The first-order valence-corrected chi connectivity index (χ1v) is 8.86. The third kappa shape index (κ3) is 6.86. The summed E-state index contributed by atoms with van der Waals surface area (Å²) in [5, 5.41) is 6.02. The third-order valence-corrected chi connectivity index (χ3v) is 3.82. The van der Waals surface area contributed by atoms with Gasteiger partial charge < -0.3 is 10.6 Å². The van der Waals surface area contributed by atoms with Gasteiger partial charge in [-0.1, -0.05) is 0 Å². The van der Waals surface area contributed by atoms with E-state index in [4.69, 9.17) is 0 Å². The predicted octanol–water partition coefficient (Wildman–Crippen LogP) is 1.95. The molecule has 0 bridgehead atoms. The summed E-state index contributed by atoms with van der Waals surface area (Å²) in [5.74, 6) is -0.438. The van der Waals surface area contributed by atoms with E-state index in [-0.39, 0.29) is 17.1 Å². The number of hydrogen-bond donors (Lipinski definition) is 2. The minimum Gasteiger partial charge on any atom is -0.364 e. The Morgan fingerprint density at radius 2 is 2.00 bits per heavy atom. The molecule has 1 unspecified atom stereocenters. The van der Waals surface area contributed by atoms with E-state index in [9.17, 15) is 12.8 Å². The molecule has 1 heterocycles. The highest BCUT2D eigenvalue weighted by Crippen LogP contribution is 2.17. The van der Waals surface area contributed by atoms with Crippen molar-refractivity contribution < 1.29 is 12.8 Å². The van der Waals surface area contributed by atoms with Gasteiger partial charge in [0, 0.05) is 36.1 Å². The summed E-state index contributed by atoms with van der Waals surface area (Å²) >= 11 is 0. The van der Waals surface area contributed by atoms with Crippen LogP contribution >= 0.6 is 0 Å². The molecule has 1 atom stereocenters. The Morgan fingerprint density at radius 1 is 1.38 bits per heavy atom. The summed E-state index contributed by atoms with van der Waals surface area (Å²) in [6, 6.07) is 1.20. The zero-order chi connectivity index (χ0) is 16.3. The summed E-state index contributed by atoms with van der Waals surface area (Å²) < 4.78 is 36.8. The molecule has 120 valence electrons. The van der Waals surface area contributed by atoms with Crippen LogP contribution in [0.3, 0.4) is 0 Å². The molecule has 0 aliphatic heterocycles. The maximum atomic E-state index is 14.3. The van der Waals surface area contributed by atoms with E-state index in [1.807, 2.05) is 20.8 Å². The quantitative estimate of drug-likeness (QED) is 0.839. The molecular formula is C14H24FN3O2S. The highest BCUT2D eigenvalue weighted by molar-refractivity contribution is 7.90. The number of halogens is 1. The van der Waals surface area contributed by atoms with Crippen LogP contribution in [0.5, 0.6) is 0 Å². The molecule has 1 aromatic heterocycles. The molecule has 2 N–H and O–H groups in total. The lowest BCUT2D eigenvalue weighted by atomic mass is 10.1. The Bertz CT molecular complexity index is 582. The summed E-state index contributed by atoms with van der Waals surface area (Å²) in [6.07, 6.45) is 2.66. The number of pyridine rings is 1. The van der Waals surface area contributed by atoms with Crippen molar-refractivity contribution in [1.82, 2.24) is 10.3 Å². The van der Waals surface area contributed by atoms with Crippen LogP contribution < -0.4 is 10.6 Å². The number of hydrogen-bond acceptors (Lipinski definition) is 5. The number of anilines is 1. The van der Waals surface area contributed by atoms with E-state index < -0.39 is 21.7 Å². The van der Waals surface area contributed by atoms with Gasteiger partial charge >= 0.3 is 0 Å². The van der Waals surface area contributed by atoms with Crippen molar-refractivity contribution in [2.24, 2.45) is 0 Å². The molecule has 0 aliphatic carbocycles. The van der Waals surface area contributed by atoms with Crippen molar-refractivity contribution >= 4 is 15.7 Å². The Labute approximate surface area is 126 Å². The highest BCUT2D eigenvalue weighted by atomic mass is 32.2. The van der Waals surface area contributed by atoms with E-state index >= 15 is 0 Å². The van der Waals surface area contributed by atoms with Crippen LogP contribution in [0, 0.1) is 5.82 Å². The standard InChI is InChI=1S/C14H24FN3O2S/c1-10(9-21(5,19)20)18-13-12(15)11(6-7-16-13)8-17-14(2,3)4/h6-7,10,17H,8-9H2,1-5H3,(H,16,18). The zero-order valence-electron chi connectivity index (χ0n) is 13.2. The van der Waals surface area contributed by atoms with E-state index in [1.165, 1.54) is 6.20 Å². The molecule has 0 aliphatic rings. The summed E-state index contributed by atoms with van der Waals surface area (Å²) in [4.78, 5) is 3.94. The monoisotopic (exact) mass is 317 g/mol. The summed E-state index contributed by atoms with van der Waals surface area (Å²) in [5.41, 5.74) is 0.376. The second-order valence-corrected chi connectivity index (χ2v) is 8.56. The highest BCUT2D eigenvalue weighted by Gasteiger charge is 2.16. The van der Waals surface area contributed by atoms with Gasteiger partial charge in [0.2, 0.25) is 0 Å². The molecule has 0 spiro atoms. The average Bonchev–Trinajstić information content (AvgIpc) is 2.26. The molecule has 0 saturated heterocycles. The molecule has 1 aromatic rings. The number of sulfone groups is 1. The fourth-order valence-corrected chi connectivity index (χ4v) is 2.80. The summed E-state index contributed by atoms with van der Waals surface area (Å²) in [6.45, 7) is 8.06. The number of nitrogens with one attached hydrogen (secondary N) is 2. The Balaban J connectivity index is 2.81. The van der Waals surface area contributed by atoms with Crippen LogP contribution in [0.25, 0.3) is 0 Å². The summed E-state index contributed by atoms with van der Waals surface area (Å²) in [7, 11) is -3.12. The molecule has 21 heavy (non-hydrogen) atoms. The van der Waals surface area contributed by atoms with Crippen LogP contribution in [-0.4, -0.2) is 37.0 Å². The minimum atomic E-state index is -3.12. The molecule has 0 fully saturated rings. The fraction of sp³-hybridized carbons (Fsp3) is 0.643. The van der Waals surface area contributed by atoms with Crippen molar-refractivity contribution in [3.8, 4) is 0 Å². The van der Waals surface area contributed by atoms with Gasteiger partial charge in [0.1, 0.15) is 9.84 Å². The van der Waals surface area contributed by atoms with Crippen molar-refractivity contribution in [3.63, 3.8) is 0 Å². The second-order valence-electron chi connectivity index (χ2n) is 6.37. The topological polar surface area (TPSA) is 71.1 Å². The molecular weight excluding hydrogens is 293 g/mol. The van der Waals surface area contributed by atoms with Crippen LogP contribution in [0.1, 0.15) is 33.3 Å². The van der Waals surface area contributed by atoms with Gasteiger partial charge in [-0.2, -0.15) is 0 Å². The molecule has 7 heteroatoms. The van der Waals surface area contributed by atoms with Gasteiger partial charge in [-0.05, 0) is 33.8 Å². The number of rotatable bonds is 6. The zero-order valence-corrected chi connectivity index (χ0v) is 14.0. The van der Waals surface area contributed by atoms with Gasteiger partial charge in [0.15, 0.2) is 11.6 Å². The largest absolute Gasteiger partial charge is 0.364 e. The van der Waals surface area contributed by atoms with Crippen molar-refractivity contribution in [2.45, 2.75) is 45.8 Å². The fourth-order valence-electron chi connectivity index (χ4n) is 1.81. The van der Waals surface area contributed by atoms with Gasteiger partial charge in [0.05, 0.1) is 5.75 Å². The van der Waals surface area contributed by atoms with Crippen molar-refractivity contribution in [2.75, 3.05) is 17.3 Å². The molecule has 0 amide bonds. The second kappa shape index (κ2) is 6.70. The smallest absolute Gasteiger partial charge is 0.169 e. The number of aromatic nitrogens is 1. The average molecular weight is 317 g/mol. The lowest BCUT2D eigenvalue weighted by Crippen LogP contribution is -2.35. The van der Waals surface area contributed by atoms with Crippen LogP contribution in [0.4, 0.5) is 10.2 Å². The molecule has 0 saturated carbocycles. The van der Waals surface area contributed by atoms with Crippen molar-refractivity contribution in [1.29, 1.82) is 0 Å². The lowest BCUT2D eigenvalue weighted by Gasteiger charge is -2.21. The van der Waals surface area contributed by atoms with E-state index in [1.54, 1.807) is 13.0 Å². The van der Waals surface area contributed by atoms with Gasteiger partial charge in [-0.3, -0.25) is 0 Å². The van der Waals surface area contributed by atoms with Gasteiger partial charge in [0.25, 0.3) is 0 Å². The maximum Gasteiger partial charge on any atom is 0.169 e. The van der Waals surface area contributed by atoms with Crippen molar-refractivity contribution in [3.05, 3.63) is 23.6 Å². The lowest BCUT2D eigenvalue weighted by molar-refractivity contribution is 0.418. The Kier molecular flexibility index (Phi) is 5.69. The first-order valence-electron chi connectivity index (χ1n) is 6.80. The third-order valence-electron chi connectivity index (χ3n) is 2.71. The molecule has 0 radical (unpaired) electrons.